The predicted molar refractivity (Wildman–Crippen MR) is 93.6 cm³/mol. The molecule has 1 fully saturated rings. The van der Waals surface area contributed by atoms with E-state index < -0.39 is 12.8 Å². The Morgan fingerprint density at radius 2 is 1.57 bits per heavy atom. The second-order valence-corrected chi connectivity index (χ2v) is 8.32. The molecule has 0 radical (unpaired) electrons. The van der Waals surface area contributed by atoms with E-state index in [-0.39, 0.29) is 5.92 Å². The van der Waals surface area contributed by atoms with Crippen LogP contribution in [-0.2, 0) is 13.6 Å². The van der Waals surface area contributed by atoms with Crippen LogP contribution in [0.1, 0.15) is 23.5 Å². The highest BCUT2D eigenvalue weighted by Crippen LogP contribution is 2.77. The molecular formula is C19H21O3P. The summed E-state index contributed by atoms with van der Waals surface area (Å²) in [6.45, 7) is 0. The van der Waals surface area contributed by atoms with Crippen molar-refractivity contribution in [1.82, 2.24) is 0 Å². The molecule has 2 aromatic carbocycles. The standard InChI is InChI=1S/C19H21O3P/c1-21-23(20,22-2)19(14-13-16-9-5-3-6-10-16)15-18(19)17-11-7-4-8-12-17/h3-14,18H,15H2,1-2H3/b14-13+/t18-,19+/m1/s1. The molecule has 0 aromatic heterocycles. The Bertz CT molecular complexity index is 719. The maximum Gasteiger partial charge on any atom is 0.340 e. The summed E-state index contributed by atoms with van der Waals surface area (Å²) >= 11 is 0. The van der Waals surface area contributed by atoms with Crippen molar-refractivity contribution in [3.63, 3.8) is 0 Å². The Morgan fingerprint density at radius 1 is 1.00 bits per heavy atom. The molecule has 0 amide bonds. The third kappa shape index (κ3) is 2.92. The minimum atomic E-state index is -3.22. The second-order valence-electron chi connectivity index (χ2n) is 5.77. The van der Waals surface area contributed by atoms with Gasteiger partial charge in [0, 0.05) is 20.1 Å². The molecule has 4 heteroatoms. The van der Waals surface area contributed by atoms with Crippen molar-refractivity contribution in [2.24, 2.45) is 0 Å². The molecule has 0 saturated heterocycles. The van der Waals surface area contributed by atoms with Crippen molar-refractivity contribution in [2.75, 3.05) is 14.2 Å². The summed E-state index contributed by atoms with van der Waals surface area (Å²) in [5, 5.41) is -0.590. The third-order valence-electron chi connectivity index (χ3n) is 4.53. The van der Waals surface area contributed by atoms with Gasteiger partial charge in [-0.2, -0.15) is 0 Å². The van der Waals surface area contributed by atoms with Gasteiger partial charge in [-0.25, -0.2) is 0 Å². The monoisotopic (exact) mass is 328 g/mol. The van der Waals surface area contributed by atoms with Crippen molar-refractivity contribution in [3.05, 3.63) is 77.9 Å². The summed E-state index contributed by atoms with van der Waals surface area (Å²) < 4.78 is 23.8. The van der Waals surface area contributed by atoms with E-state index in [4.69, 9.17) is 9.05 Å². The largest absolute Gasteiger partial charge is 0.340 e. The molecule has 1 saturated carbocycles. The number of allylic oxidation sites excluding steroid dienone is 1. The number of hydrogen-bond donors (Lipinski definition) is 0. The zero-order valence-corrected chi connectivity index (χ0v) is 14.3. The van der Waals surface area contributed by atoms with Gasteiger partial charge >= 0.3 is 7.60 Å². The molecule has 120 valence electrons. The fraction of sp³-hybridized carbons (Fsp3) is 0.263. The molecule has 0 N–H and O–H groups in total. The normalized spacial score (nSPS) is 24.0. The van der Waals surface area contributed by atoms with E-state index in [1.807, 2.05) is 60.7 Å². The second kappa shape index (κ2) is 6.45. The van der Waals surface area contributed by atoms with Gasteiger partial charge in [0.1, 0.15) is 0 Å². The average Bonchev–Trinajstić information content (AvgIpc) is 3.37. The van der Waals surface area contributed by atoms with Gasteiger partial charge in [0.05, 0.1) is 5.16 Å². The highest BCUT2D eigenvalue weighted by atomic mass is 31.2. The molecule has 0 bridgehead atoms. The van der Waals surface area contributed by atoms with Crippen molar-refractivity contribution >= 4 is 13.7 Å². The van der Waals surface area contributed by atoms with E-state index in [1.54, 1.807) is 0 Å². The van der Waals surface area contributed by atoms with Crippen LogP contribution in [0, 0.1) is 0 Å². The molecule has 0 spiro atoms. The quantitative estimate of drug-likeness (QED) is 0.691. The fourth-order valence-corrected chi connectivity index (χ4v) is 5.18. The Balaban J connectivity index is 1.97. The third-order valence-corrected chi connectivity index (χ3v) is 7.16. The van der Waals surface area contributed by atoms with Gasteiger partial charge < -0.3 is 9.05 Å². The minimum Gasteiger partial charge on any atom is -0.311 e. The maximum atomic E-state index is 13.1. The van der Waals surface area contributed by atoms with Crippen molar-refractivity contribution in [2.45, 2.75) is 17.5 Å². The SMILES string of the molecule is COP(=O)(OC)[C@@]1(/C=C/c2ccccc2)C[C@@H]1c1ccccc1. The summed E-state index contributed by atoms with van der Waals surface area (Å²) in [4.78, 5) is 0. The van der Waals surface area contributed by atoms with Crippen LogP contribution in [0.3, 0.4) is 0 Å². The van der Waals surface area contributed by atoms with Crippen LogP contribution in [0.5, 0.6) is 0 Å². The van der Waals surface area contributed by atoms with E-state index in [1.165, 1.54) is 19.8 Å². The number of benzene rings is 2. The molecule has 3 rings (SSSR count). The molecule has 2 atom stereocenters. The number of rotatable bonds is 6. The number of hydrogen-bond acceptors (Lipinski definition) is 3. The molecular weight excluding hydrogens is 307 g/mol. The van der Waals surface area contributed by atoms with E-state index in [9.17, 15) is 4.57 Å². The summed E-state index contributed by atoms with van der Waals surface area (Å²) in [5.41, 5.74) is 2.24. The van der Waals surface area contributed by atoms with Gasteiger partial charge in [-0.1, -0.05) is 72.8 Å². The lowest BCUT2D eigenvalue weighted by atomic mass is 10.1. The zero-order valence-electron chi connectivity index (χ0n) is 13.4. The van der Waals surface area contributed by atoms with Crippen LogP contribution in [0.15, 0.2) is 66.7 Å². The van der Waals surface area contributed by atoms with Gasteiger partial charge in [0.2, 0.25) is 0 Å². The molecule has 23 heavy (non-hydrogen) atoms. The Morgan fingerprint density at radius 3 is 2.13 bits per heavy atom. The lowest BCUT2D eigenvalue weighted by Gasteiger charge is -2.23. The first-order valence-electron chi connectivity index (χ1n) is 7.66. The summed E-state index contributed by atoms with van der Waals surface area (Å²) in [6.07, 6.45) is 4.78. The van der Waals surface area contributed by atoms with Crippen LogP contribution in [-0.4, -0.2) is 19.4 Å². The highest BCUT2D eigenvalue weighted by Gasteiger charge is 2.66. The first kappa shape index (κ1) is 16.2. The Hall–Kier alpha value is -1.67. The van der Waals surface area contributed by atoms with Gasteiger partial charge in [-0.05, 0) is 17.5 Å². The average molecular weight is 328 g/mol. The van der Waals surface area contributed by atoms with Crippen LogP contribution in [0.25, 0.3) is 6.08 Å². The van der Waals surface area contributed by atoms with Crippen LogP contribution in [0.2, 0.25) is 0 Å². The van der Waals surface area contributed by atoms with E-state index in [0.717, 1.165) is 12.0 Å². The van der Waals surface area contributed by atoms with Gasteiger partial charge in [-0.15, -0.1) is 0 Å². The summed E-state index contributed by atoms with van der Waals surface area (Å²) in [7, 11) is -0.296. The smallest absolute Gasteiger partial charge is 0.311 e. The predicted octanol–water partition coefficient (Wildman–Crippen LogP) is 5.11. The van der Waals surface area contributed by atoms with E-state index in [0.29, 0.717) is 0 Å². The topological polar surface area (TPSA) is 35.5 Å². The first-order valence-corrected chi connectivity index (χ1v) is 9.20. The zero-order chi connectivity index (χ0) is 16.3. The van der Waals surface area contributed by atoms with E-state index >= 15 is 0 Å². The van der Waals surface area contributed by atoms with Crippen molar-refractivity contribution in [3.8, 4) is 0 Å². The molecule has 0 aliphatic heterocycles. The first-order chi connectivity index (χ1) is 11.1. The Labute approximate surface area is 137 Å². The van der Waals surface area contributed by atoms with E-state index in [2.05, 4.69) is 12.1 Å². The lowest BCUT2D eigenvalue weighted by molar-refractivity contribution is 0.267. The van der Waals surface area contributed by atoms with Gasteiger partial charge in [0.25, 0.3) is 0 Å². The minimum absolute atomic E-state index is 0.148. The van der Waals surface area contributed by atoms with Crippen LogP contribution >= 0.6 is 7.60 Å². The molecule has 1 aliphatic carbocycles. The van der Waals surface area contributed by atoms with Gasteiger partial charge in [0.15, 0.2) is 0 Å². The molecule has 3 nitrogen and oxygen atoms in total. The van der Waals surface area contributed by atoms with Crippen LogP contribution in [0.4, 0.5) is 0 Å². The fourth-order valence-electron chi connectivity index (χ4n) is 3.16. The lowest BCUT2D eigenvalue weighted by Crippen LogP contribution is -2.12. The summed E-state index contributed by atoms with van der Waals surface area (Å²) in [6, 6.07) is 20.1. The van der Waals surface area contributed by atoms with Crippen LogP contribution < -0.4 is 0 Å². The Kier molecular flexibility index (Phi) is 4.54. The molecule has 2 aromatic rings. The van der Waals surface area contributed by atoms with Gasteiger partial charge in [-0.3, -0.25) is 4.57 Å². The maximum absolute atomic E-state index is 13.1. The van der Waals surface area contributed by atoms with Crippen molar-refractivity contribution in [1.29, 1.82) is 0 Å². The molecule has 0 unspecified atom stereocenters. The summed E-state index contributed by atoms with van der Waals surface area (Å²) in [5.74, 6) is 0.148. The van der Waals surface area contributed by atoms with Crippen molar-refractivity contribution < 1.29 is 13.6 Å². The highest BCUT2D eigenvalue weighted by molar-refractivity contribution is 7.56. The molecule has 0 heterocycles. The molecule has 1 aliphatic rings.